The highest BCUT2D eigenvalue weighted by atomic mass is 16.5. The molecule has 0 unspecified atom stereocenters. The van der Waals surface area contributed by atoms with E-state index in [1.165, 1.54) is 0 Å². The third kappa shape index (κ3) is 4.47. The molecule has 0 aliphatic carbocycles. The molecule has 0 saturated heterocycles. The van der Waals surface area contributed by atoms with Crippen LogP contribution >= 0.6 is 0 Å². The number of aryl methyl sites for hydroxylation is 1. The minimum atomic E-state index is -0.561. The van der Waals surface area contributed by atoms with Crippen molar-refractivity contribution >= 4 is 22.8 Å². The van der Waals surface area contributed by atoms with Crippen LogP contribution in [0.3, 0.4) is 0 Å². The Bertz CT molecular complexity index is 1030. The summed E-state index contributed by atoms with van der Waals surface area (Å²) in [4.78, 5) is 31.7. The van der Waals surface area contributed by atoms with E-state index >= 15 is 0 Å². The number of hydrogen-bond acceptors (Lipinski definition) is 5. The fourth-order valence-electron chi connectivity index (χ4n) is 3.49. The molecule has 0 aliphatic rings. The molecule has 6 nitrogen and oxygen atoms in total. The minimum Gasteiger partial charge on any atom is -0.460 e. The van der Waals surface area contributed by atoms with Gasteiger partial charge in [-0.25, -0.2) is 9.78 Å². The maximum absolute atomic E-state index is 12.9. The van der Waals surface area contributed by atoms with Crippen LogP contribution in [0.2, 0.25) is 0 Å². The second kappa shape index (κ2) is 8.47. The Morgan fingerprint density at radius 3 is 2.38 bits per heavy atom. The van der Waals surface area contributed by atoms with E-state index in [0.29, 0.717) is 27.9 Å². The van der Waals surface area contributed by atoms with Crippen LogP contribution in [-0.4, -0.2) is 40.5 Å². The lowest BCUT2D eigenvalue weighted by Crippen LogP contribution is -2.44. The predicted octanol–water partition coefficient (Wildman–Crippen LogP) is 4.61. The molecule has 0 N–H and O–H groups in total. The summed E-state index contributed by atoms with van der Waals surface area (Å²) in [6.45, 7) is 9.30. The van der Waals surface area contributed by atoms with Gasteiger partial charge in [-0.2, -0.15) is 0 Å². The number of fused-ring (bicyclic) bond motifs is 1. The molecule has 1 aromatic carbocycles. The lowest BCUT2D eigenvalue weighted by atomic mass is 10.1. The van der Waals surface area contributed by atoms with Gasteiger partial charge in [0, 0.05) is 17.5 Å². The normalized spacial score (nSPS) is 11.3. The SMILES string of the molecule is Cc1ccc(-c2cc(C(=O)OCC(=O)N(C(C)C)C(C)C)c3ccccc3n2)o1. The van der Waals surface area contributed by atoms with Crippen molar-refractivity contribution < 1.29 is 18.7 Å². The molecule has 0 radical (unpaired) electrons. The number of furan rings is 1. The molecule has 2 aromatic heterocycles. The second-order valence-corrected chi connectivity index (χ2v) is 7.55. The van der Waals surface area contributed by atoms with Crippen molar-refractivity contribution in [2.24, 2.45) is 0 Å². The number of rotatable bonds is 6. The van der Waals surface area contributed by atoms with Gasteiger partial charge in [0.2, 0.25) is 0 Å². The molecule has 6 heteroatoms. The fraction of sp³-hybridized carbons (Fsp3) is 0.348. The summed E-state index contributed by atoms with van der Waals surface area (Å²) in [5, 5.41) is 0.668. The van der Waals surface area contributed by atoms with E-state index in [1.807, 2.05) is 71.0 Å². The largest absolute Gasteiger partial charge is 0.460 e. The van der Waals surface area contributed by atoms with Crippen molar-refractivity contribution in [3.8, 4) is 11.5 Å². The Morgan fingerprint density at radius 1 is 1.07 bits per heavy atom. The van der Waals surface area contributed by atoms with Gasteiger partial charge in [-0.3, -0.25) is 4.79 Å². The monoisotopic (exact) mass is 394 g/mol. The maximum Gasteiger partial charge on any atom is 0.339 e. The molecule has 0 fully saturated rings. The maximum atomic E-state index is 12.9. The van der Waals surface area contributed by atoms with Crippen LogP contribution in [-0.2, 0) is 9.53 Å². The fourth-order valence-corrected chi connectivity index (χ4v) is 3.49. The molecule has 29 heavy (non-hydrogen) atoms. The third-order valence-electron chi connectivity index (χ3n) is 4.66. The Hall–Kier alpha value is -3.15. The first kappa shape index (κ1) is 20.6. The number of nitrogens with zero attached hydrogens (tertiary/aromatic N) is 2. The van der Waals surface area contributed by atoms with Crippen LogP contribution in [0.4, 0.5) is 0 Å². The highest BCUT2D eigenvalue weighted by Crippen LogP contribution is 2.26. The molecule has 3 rings (SSSR count). The molecule has 0 spiro atoms. The highest BCUT2D eigenvalue weighted by Gasteiger charge is 2.23. The molecular weight excluding hydrogens is 368 g/mol. The van der Waals surface area contributed by atoms with Crippen molar-refractivity contribution in [2.45, 2.75) is 46.7 Å². The van der Waals surface area contributed by atoms with Gasteiger partial charge in [-0.05, 0) is 58.9 Å². The first-order valence-corrected chi connectivity index (χ1v) is 9.72. The number of carbonyl (C=O) groups excluding carboxylic acids is 2. The number of ether oxygens (including phenoxy) is 1. The van der Waals surface area contributed by atoms with Crippen LogP contribution in [0.25, 0.3) is 22.4 Å². The number of hydrogen-bond donors (Lipinski definition) is 0. The van der Waals surface area contributed by atoms with Gasteiger partial charge in [0.15, 0.2) is 12.4 Å². The topological polar surface area (TPSA) is 72.6 Å². The predicted molar refractivity (Wildman–Crippen MR) is 112 cm³/mol. The van der Waals surface area contributed by atoms with Gasteiger partial charge >= 0.3 is 5.97 Å². The smallest absolute Gasteiger partial charge is 0.339 e. The lowest BCUT2D eigenvalue weighted by Gasteiger charge is -2.30. The summed E-state index contributed by atoms with van der Waals surface area (Å²) in [5.74, 6) is 0.550. The van der Waals surface area contributed by atoms with Crippen LogP contribution in [0.1, 0.15) is 43.8 Å². The van der Waals surface area contributed by atoms with E-state index in [1.54, 1.807) is 11.0 Å². The number of amides is 1. The van der Waals surface area contributed by atoms with Crippen molar-refractivity contribution in [1.29, 1.82) is 0 Å². The highest BCUT2D eigenvalue weighted by molar-refractivity contribution is 6.05. The van der Waals surface area contributed by atoms with Gasteiger partial charge in [-0.1, -0.05) is 18.2 Å². The zero-order valence-corrected chi connectivity index (χ0v) is 17.4. The van der Waals surface area contributed by atoms with E-state index in [9.17, 15) is 9.59 Å². The number of pyridine rings is 1. The summed E-state index contributed by atoms with van der Waals surface area (Å²) in [6, 6.07) is 12.7. The molecule has 0 aliphatic heterocycles. The number of para-hydroxylation sites is 1. The first-order valence-electron chi connectivity index (χ1n) is 9.72. The summed E-state index contributed by atoms with van der Waals surface area (Å²) in [6.07, 6.45) is 0. The van der Waals surface area contributed by atoms with Gasteiger partial charge in [0.05, 0.1) is 11.1 Å². The molecule has 2 heterocycles. The van der Waals surface area contributed by atoms with E-state index in [2.05, 4.69) is 4.98 Å². The number of esters is 1. The zero-order valence-electron chi connectivity index (χ0n) is 17.4. The molecule has 0 atom stereocenters. The van der Waals surface area contributed by atoms with Gasteiger partial charge in [-0.15, -0.1) is 0 Å². The Kier molecular flexibility index (Phi) is 6.01. The van der Waals surface area contributed by atoms with E-state index < -0.39 is 5.97 Å². The molecule has 3 aromatic rings. The van der Waals surface area contributed by atoms with Crippen LogP contribution in [0.15, 0.2) is 46.9 Å². The van der Waals surface area contributed by atoms with Crippen LogP contribution in [0.5, 0.6) is 0 Å². The molecule has 152 valence electrons. The quantitative estimate of drug-likeness (QED) is 0.571. The first-order chi connectivity index (χ1) is 13.8. The van der Waals surface area contributed by atoms with Crippen molar-refractivity contribution in [3.05, 3.63) is 53.8 Å². The van der Waals surface area contributed by atoms with E-state index in [-0.39, 0.29) is 24.6 Å². The summed E-state index contributed by atoms with van der Waals surface area (Å²) < 4.78 is 11.0. The van der Waals surface area contributed by atoms with Crippen molar-refractivity contribution in [2.75, 3.05) is 6.61 Å². The average Bonchev–Trinajstić information content (AvgIpc) is 3.11. The van der Waals surface area contributed by atoms with Crippen LogP contribution < -0.4 is 0 Å². The second-order valence-electron chi connectivity index (χ2n) is 7.55. The summed E-state index contributed by atoms with van der Waals surface area (Å²) in [7, 11) is 0. The Balaban J connectivity index is 1.90. The Labute approximate surface area is 170 Å². The zero-order chi connectivity index (χ0) is 21.1. The van der Waals surface area contributed by atoms with Crippen molar-refractivity contribution in [1.82, 2.24) is 9.88 Å². The van der Waals surface area contributed by atoms with Gasteiger partial charge < -0.3 is 14.1 Å². The van der Waals surface area contributed by atoms with Crippen LogP contribution in [0, 0.1) is 6.92 Å². The van der Waals surface area contributed by atoms with Gasteiger partial charge in [0.1, 0.15) is 11.5 Å². The third-order valence-corrected chi connectivity index (χ3v) is 4.66. The molecule has 1 amide bonds. The average molecular weight is 394 g/mol. The van der Waals surface area contributed by atoms with Gasteiger partial charge in [0.25, 0.3) is 5.91 Å². The summed E-state index contributed by atoms with van der Waals surface area (Å²) >= 11 is 0. The van der Waals surface area contributed by atoms with E-state index in [4.69, 9.17) is 9.15 Å². The number of benzene rings is 1. The lowest BCUT2D eigenvalue weighted by molar-refractivity contribution is -0.138. The molecule has 0 saturated carbocycles. The number of carbonyl (C=O) groups is 2. The standard InChI is InChI=1S/C23H26N2O4/c1-14(2)25(15(3)4)22(26)13-28-23(27)18-12-20(21-11-10-16(5)29-21)24-19-9-7-6-8-17(18)19/h6-12,14-15H,13H2,1-5H3. The number of aromatic nitrogens is 1. The minimum absolute atomic E-state index is 0.0248. The Morgan fingerprint density at radius 2 is 1.76 bits per heavy atom. The molecular formula is C23H26N2O4. The van der Waals surface area contributed by atoms with E-state index in [0.717, 1.165) is 5.76 Å². The van der Waals surface area contributed by atoms with Crippen molar-refractivity contribution in [3.63, 3.8) is 0 Å². The summed E-state index contributed by atoms with van der Waals surface area (Å²) in [5.41, 5.74) is 1.55. The molecule has 0 bridgehead atoms.